The van der Waals surface area contributed by atoms with Gasteiger partial charge in [-0.2, -0.15) is 0 Å². The van der Waals surface area contributed by atoms with Crippen molar-refractivity contribution in [1.82, 2.24) is 9.97 Å². The fraction of sp³-hybridized carbons (Fsp3) is 0.222. The van der Waals surface area contributed by atoms with Crippen LogP contribution in [0.4, 0.5) is 5.69 Å². The van der Waals surface area contributed by atoms with E-state index in [0.717, 1.165) is 23.0 Å². The average Bonchev–Trinajstić information content (AvgIpc) is 3.06. The van der Waals surface area contributed by atoms with Gasteiger partial charge in [-0.15, -0.1) is 0 Å². The van der Waals surface area contributed by atoms with E-state index in [4.69, 9.17) is 4.74 Å². The van der Waals surface area contributed by atoms with E-state index in [-0.39, 0.29) is 11.5 Å². The van der Waals surface area contributed by atoms with Gasteiger partial charge < -0.3 is 9.72 Å². The molecule has 0 amide bonds. The first-order valence-corrected chi connectivity index (χ1v) is 10.8. The molecule has 0 aliphatic carbocycles. The number of fused-ring (bicyclic) bond motifs is 1. The summed E-state index contributed by atoms with van der Waals surface area (Å²) in [6.07, 6.45) is 1.13. The number of hydrogen-bond donors (Lipinski definition) is 1. The molecule has 3 aromatic rings. The highest BCUT2D eigenvalue weighted by molar-refractivity contribution is 7.99. The number of imidazole rings is 1. The number of carbonyl (C=O) groups excluding carboxylic acids is 1. The number of Topliss-reactive ketones (excluding diaryl/α,β-unsaturated/α-hetero) is 1. The Kier molecular flexibility index (Phi) is 5.43. The fourth-order valence-corrected chi connectivity index (χ4v) is 3.71. The second-order valence-corrected chi connectivity index (χ2v) is 8.89. The van der Waals surface area contributed by atoms with Crippen LogP contribution >= 0.6 is 11.8 Å². The van der Waals surface area contributed by atoms with Gasteiger partial charge in [0.2, 0.25) is 10.0 Å². The molecule has 0 fully saturated rings. The van der Waals surface area contributed by atoms with Gasteiger partial charge in [-0.3, -0.25) is 9.10 Å². The highest BCUT2D eigenvalue weighted by atomic mass is 32.2. The molecule has 1 N–H and O–H groups in total. The third-order valence-corrected chi connectivity index (χ3v) is 6.14. The van der Waals surface area contributed by atoms with Gasteiger partial charge in [0.1, 0.15) is 5.75 Å². The molecule has 0 aliphatic heterocycles. The Morgan fingerprint density at radius 1 is 1.22 bits per heavy atom. The normalized spacial score (nSPS) is 11.5. The first kappa shape index (κ1) is 19.2. The van der Waals surface area contributed by atoms with Crippen LogP contribution in [0.1, 0.15) is 10.4 Å². The minimum Gasteiger partial charge on any atom is -0.497 e. The number of carbonyl (C=O) groups is 1. The van der Waals surface area contributed by atoms with Crippen molar-refractivity contribution in [3.63, 3.8) is 0 Å². The maximum absolute atomic E-state index is 12.4. The molecule has 27 heavy (non-hydrogen) atoms. The molecular weight excluding hydrogens is 386 g/mol. The number of hydrogen-bond acceptors (Lipinski definition) is 6. The van der Waals surface area contributed by atoms with Crippen molar-refractivity contribution in [1.29, 1.82) is 0 Å². The quantitative estimate of drug-likeness (QED) is 0.480. The number of sulfonamides is 1. The number of H-pyrrole nitrogens is 1. The van der Waals surface area contributed by atoms with E-state index < -0.39 is 10.0 Å². The summed E-state index contributed by atoms with van der Waals surface area (Å²) in [6.45, 7) is 0. The van der Waals surface area contributed by atoms with E-state index in [1.54, 1.807) is 31.4 Å². The van der Waals surface area contributed by atoms with Gasteiger partial charge >= 0.3 is 0 Å². The standard InChI is InChI=1S/C18H19N3O4S2/c1-21(27(3,23)24)13-6-4-12(5-7-13)17(22)11-26-18-19-15-9-8-14(25-2)10-16(15)20-18/h4-10H,11H2,1-3H3,(H,19,20). The Labute approximate surface area is 161 Å². The maximum Gasteiger partial charge on any atom is 0.231 e. The molecule has 0 unspecified atom stereocenters. The number of nitrogens with zero attached hydrogens (tertiary/aromatic N) is 2. The van der Waals surface area contributed by atoms with Crippen LogP contribution in [0, 0.1) is 0 Å². The summed E-state index contributed by atoms with van der Waals surface area (Å²) in [7, 11) is -0.257. The molecule has 0 spiro atoms. The van der Waals surface area contributed by atoms with E-state index in [1.165, 1.54) is 23.1 Å². The van der Waals surface area contributed by atoms with Gasteiger partial charge in [-0.05, 0) is 36.4 Å². The predicted molar refractivity (Wildman–Crippen MR) is 107 cm³/mol. The van der Waals surface area contributed by atoms with E-state index in [1.807, 2.05) is 18.2 Å². The molecule has 0 bridgehead atoms. The monoisotopic (exact) mass is 405 g/mol. The molecular formula is C18H19N3O4S2. The first-order chi connectivity index (χ1) is 12.8. The molecule has 0 radical (unpaired) electrons. The topological polar surface area (TPSA) is 92.4 Å². The number of methoxy groups -OCH3 is 1. The van der Waals surface area contributed by atoms with Crippen molar-refractivity contribution < 1.29 is 17.9 Å². The summed E-state index contributed by atoms with van der Waals surface area (Å²) in [5.41, 5.74) is 2.68. The molecule has 3 rings (SSSR count). The summed E-state index contributed by atoms with van der Waals surface area (Å²) in [5.74, 6) is 0.891. The summed E-state index contributed by atoms with van der Waals surface area (Å²) in [6, 6.07) is 12.0. The second-order valence-electron chi connectivity index (χ2n) is 5.91. The smallest absolute Gasteiger partial charge is 0.231 e. The second kappa shape index (κ2) is 7.61. The summed E-state index contributed by atoms with van der Waals surface area (Å²) >= 11 is 1.31. The Morgan fingerprint density at radius 2 is 1.93 bits per heavy atom. The lowest BCUT2D eigenvalue weighted by atomic mass is 10.1. The Bertz CT molecular complexity index is 1080. The molecule has 1 aromatic heterocycles. The van der Waals surface area contributed by atoms with Crippen molar-refractivity contribution in [3.05, 3.63) is 48.0 Å². The maximum atomic E-state index is 12.4. The number of aromatic nitrogens is 2. The van der Waals surface area contributed by atoms with Crippen LogP contribution in [0.15, 0.2) is 47.6 Å². The summed E-state index contributed by atoms with van der Waals surface area (Å²) in [5, 5.41) is 0.653. The first-order valence-electron chi connectivity index (χ1n) is 8.01. The number of benzene rings is 2. The largest absolute Gasteiger partial charge is 0.497 e. The van der Waals surface area contributed by atoms with E-state index in [2.05, 4.69) is 9.97 Å². The Balaban J connectivity index is 1.67. The molecule has 2 aromatic carbocycles. The summed E-state index contributed by atoms with van der Waals surface area (Å²) < 4.78 is 29.5. The minimum atomic E-state index is -3.33. The van der Waals surface area contributed by atoms with Crippen LogP contribution in [-0.4, -0.2) is 50.3 Å². The van der Waals surface area contributed by atoms with Crippen molar-refractivity contribution in [3.8, 4) is 5.75 Å². The number of aromatic amines is 1. The van der Waals surface area contributed by atoms with Gasteiger partial charge in [0.05, 0.1) is 35.8 Å². The van der Waals surface area contributed by atoms with Gasteiger partial charge in [-0.25, -0.2) is 13.4 Å². The molecule has 9 heteroatoms. The van der Waals surface area contributed by atoms with Crippen LogP contribution in [0.25, 0.3) is 11.0 Å². The SMILES string of the molecule is COc1ccc2nc(SCC(=O)c3ccc(N(C)S(C)(=O)=O)cc3)[nH]c2c1. The van der Waals surface area contributed by atoms with Crippen molar-refractivity contribution >= 4 is 44.3 Å². The lowest BCUT2D eigenvalue weighted by Gasteiger charge is -2.16. The van der Waals surface area contributed by atoms with Gasteiger partial charge in [0.25, 0.3) is 0 Å². The Morgan fingerprint density at radius 3 is 2.56 bits per heavy atom. The van der Waals surface area contributed by atoms with Gasteiger partial charge in [0, 0.05) is 18.7 Å². The lowest BCUT2D eigenvalue weighted by molar-refractivity contribution is 0.102. The van der Waals surface area contributed by atoms with Crippen molar-refractivity contribution in [2.24, 2.45) is 0 Å². The third kappa shape index (κ3) is 4.42. The molecule has 0 aliphatic rings. The molecule has 0 saturated heterocycles. The molecule has 0 atom stereocenters. The predicted octanol–water partition coefficient (Wildman–Crippen LogP) is 2.94. The van der Waals surface area contributed by atoms with Crippen LogP contribution in [0.2, 0.25) is 0 Å². The number of ketones is 1. The van der Waals surface area contributed by atoms with Gasteiger partial charge in [-0.1, -0.05) is 11.8 Å². The summed E-state index contributed by atoms with van der Waals surface area (Å²) in [4.78, 5) is 20.0. The van der Waals surface area contributed by atoms with Crippen LogP contribution in [-0.2, 0) is 10.0 Å². The minimum absolute atomic E-state index is 0.0633. The van der Waals surface area contributed by atoms with Gasteiger partial charge in [0.15, 0.2) is 10.9 Å². The highest BCUT2D eigenvalue weighted by Gasteiger charge is 2.14. The molecule has 142 valence electrons. The third-order valence-electron chi connectivity index (χ3n) is 4.06. The fourth-order valence-electron chi connectivity index (χ4n) is 2.43. The Hall–Kier alpha value is -2.52. The van der Waals surface area contributed by atoms with Crippen LogP contribution < -0.4 is 9.04 Å². The van der Waals surface area contributed by atoms with E-state index in [0.29, 0.717) is 16.4 Å². The highest BCUT2D eigenvalue weighted by Crippen LogP contribution is 2.24. The number of thioether (sulfide) groups is 1. The van der Waals surface area contributed by atoms with Crippen LogP contribution in [0.5, 0.6) is 5.75 Å². The number of nitrogens with one attached hydrogen (secondary N) is 1. The van der Waals surface area contributed by atoms with Crippen LogP contribution in [0.3, 0.4) is 0 Å². The number of ether oxygens (including phenoxy) is 1. The van der Waals surface area contributed by atoms with E-state index >= 15 is 0 Å². The zero-order valence-electron chi connectivity index (χ0n) is 15.1. The zero-order valence-corrected chi connectivity index (χ0v) is 16.7. The zero-order chi connectivity index (χ0) is 19.6. The average molecular weight is 406 g/mol. The van der Waals surface area contributed by atoms with Crippen molar-refractivity contribution in [2.75, 3.05) is 30.5 Å². The molecule has 0 saturated carbocycles. The van der Waals surface area contributed by atoms with E-state index in [9.17, 15) is 13.2 Å². The van der Waals surface area contributed by atoms with Crippen molar-refractivity contribution in [2.45, 2.75) is 5.16 Å². The lowest BCUT2D eigenvalue weighted by Crippen LogP contribution is -2.24. The number of rotatable bonds is 7. The molecule has 7 nitrogen and oxygen atoms in total. The number of anilines is 1. The molecule has 1 heterocycles.